The fourth-order valence-electron chi connectivity index (χ4n) is 2.33. The van der Waals surface area contributed by atoms with Gasteiger partial charge in [-0.25, -0.2) is 19.6 Å². The molecule has 7 nitrogen and oxygen atoms in total. The first-order valence-corrected chi connectivity index (χ1v) is 8.12. The molecule has 3 rings (SSSR count). The molecule has 0 bridgehead atoms. The van der Waals surface area contributed by atoms with Crippen molar-refractivity contribution in [1.82, 2.24) is 29.7 Å². The molecule has 0 aliphatic heterocycles. The number of hydrogen-bond donors (Lipinski definition) is 2. The molecule has 0 amide bonds. The smallest absolute Gasteiger partial charge is 0.159 e. The van der Waals surface area contributed by atoms with Gasteiger partial charge < -0.3 is 10.3 Å². The van der Waals surface area contributed by atoms with E-state index in [1.807, 2.05) is 37.7 Å². The van der Waals surface area contributed by atoms with Gasteiger partial charge in [-0.1, -0.05) is 0 Å². The average molecular weight is 376 g/mol. The van der Waals surface area contributed by atoms with Crippen molar-refractivity contribution in [2.45, 2.75) is 27.2 Å². The minimum absolute atomic E-state index is 0.742. The second-order valence-corrected chi connectivity index (χ2v) is 6.12. The Labute approximate surface area is 142 Å². The Morgan fingerprint density at radius 1 is 1.22 bits per heavy atom. The van der Waals surface area contributed by atoms with Crippen LogP contribution in [0.5, 0.6) is 0 Å². The van der Waals surface area contributed by atoms with Crippen molar-refractivity contribution >= 4 is 21.7 Å². The first-order valence-electron chi connectivity index (χ1n) is 7.33. The van der Waals surface area contributed by atoms with E-state index in [9.17, 15) is 0 Å². The van der Waals surface area contributed by atoms with Crippen LogP contribution in [0.15, 0.2) is 23.1 Å². The van der Waals surface area contributed by atoms with Gasteiger partial charge in [0.15, 0.2) is 5.82 Å². The Balaban J connectivity index is 1.71. The van der Waals surface area contributed by atoms with E-state index in [0.29, 0.717) is 0 Å². The van der Waals surface area contributed by atoms with Crippen LogP contribution in [0, 0.1) is 20.8 Å². The topological polar surface area (TPSA) is 84.3 Å². The molecule has 23 heavy (non-hydrogen) atoms. The van der Waals surface area contributed by atoms with Crippen LogP contribution >= 0.6 is 15.9 Å². The van der Waals surface area contributed by atoms with Crippen LogP contribution < -0.4 is 5.32 Å². The zero-order chi connectivity index (χ0) is 16.4. The highest BCUT2D eigenvalue weighted by Gasteiger charge is 2.11. The molecule has 2 N–H and O–H groups in total. The van der Waals surface area contributed by atoms with Crippen molar-refractivity contribution in [3.8, 4) is 5.82 Å². The minimum atomic E-state index is 0.742. The second-order valence-electron chi connectivity index (χ2n) is 5.33. The van der Waals surface area contributed by atoms with Crippen molar-refractivity contribution < 1.29 is 0 Å². The fourth-order valence-corrected chi connectivity index (χ4v) is 2.58. The summed E-state index contributed by atoms with van der Waals surface area (Å²) >= 11 is 3.53. The standard InChI is InChI=1S/C15H18BrN7/c1-9-15(16)10(2)23(22-9)14-6-13(19-8-20-14)17-5-4-12-7-18-11(3)21-12/h6-8H,4-5H2,1-3H3,(H,18,21)(H,17,19,20). The summed E-state index contributed by atoms with van der Waals surface area (Å²) in [5, 5.41) is 7.79. The third-order valence-electron chi connectivity index (χ3n) is 3.53. The van der Waals surface area contributed by atoms with Crippen LogP contribution in [0.2, 0.25) is 0 Å². The second kappa shape index (κ2) is 6.49. The van der Waals surface area contributed by atoms with Gasteiger partial charge in [0.2, 0.25) is 0 Å². The van der Waals surface area contributed by atoms with Crippen molar-refractivity contribution in [3.63, 3.8) is 0 Å². The van der Waals surface area contributed by atoms with E-state index >= 15 is 0 Å². The highest BCUT2D eigenvalue weighted by molar-refractivity contribution is 9.10. The maximum Gasteiger partial charge on any atom is 0.159 e. The fraction of sp³-hybridized carbons (Fsp3) is 0.333. The van der Waals surface area contributed by atoms with E-state index in [-0.39, 0.29) is 0 Å². The molecule has 0 saturated carbocycles. The Kier molecular flexibility index (Phi) is 4.42. The van der Waals surface area contributed by atoms with Crippen LogP contribution in [0.1, 0.15) is 22.9 Å². The Morgan fingerprint density at radius 2 is 2.04 bits per heavy atom. The third kappa shape index (κ3) is 3.42. The number of halogens is 1. The van der Waals surface area contributed by atoms with Crippen molar-refractivity contribution in [3.05, 3.63) is 46.0 Å². The first-order chi connectivity index (χ1) is 11.0. The van der Waals surface area contributed by atoms with E-state index in [1.54, 1.807) is 6.33 Å². The monoisotopic (exact) mass is 375 g/mol. The Morgan fingerprint density at radius 3 is 2.70 bits per heavy atom. The predicted octanol–water partition coefficient (Wildman–Crippen LogP) is 2.73. The molecule has 0 aliphatic carbocycles. The molecule has 0 aromatic carbocycles. The van der Waals surface area contributed by atoms with Crippen LogP contribution in [-0.4, -0.2) is 36.3 Å². The molecular weight excluding hydrogens is 358 g/mol. The lowest BCUT2D eigenvalue weighted by molar-refractivity contribution is 0.800. The molecule has 8 heteroatoms. The Hall–Kier alpha value is -2.22. The molecule has 3 heterocycles. The summed E-state index contributed by atoms with van der Waals surface area (Å²) in [5.41, 5.74) is 3.05. The predicted molar refractivity (Wildman–Crippen MR) is 91.8 cm³/mol. The Bertz CT molecular complexity index is 821. The summed E-state index contributed by atoms with van der Waals surface area (Å²) in [6, 6.07) is 1.89. The number of rotatable bonds is 5. The number of H-pyrrole nitrogens is 1. The quantitative estimate of drug-likeness (QED) is 0.715. The normalized spacial score (nSPS) is 11.0. The van der Waals surface area contributed by atoms with Gasteiger partial charge in [0.05, 0.1) is 15.9 Å². The number of imidazole rings is 1. The SMILES string of the molecule is Cc1ncc(CCNc2cc(-n3nc(C)c(Br)c3C)ncn2)[nH]1. The van der Waals surface area contributed by atoms with E-state index < -0.39 is 0 Å². The van der Waals surface area contributed by atoms with E-state index in [1.165, 1.54) is 0 Å². The molecule has 120 valence electrons. The number of nitrogens with one attached hydrogen (secondary N) is 2. The first kappa shape index (κ1) is 15.7. The minimum Gasteiger partial charge on any atom is -0.370 e. The molecule has 0 aliphatic rings. The average Bonchev–Trinajstić information content (AvgIpc) is 3.06. The molecular formula is C15H18BrN7. The van der Waals surface area contributed by atoms with Gasteiger partial charge in [0, 0.05) is 30.9 Å². The van der Waals surface area contributed by atoms with Gasteiger partial charge in [-0.05, 0) is 36.7 Å². The summed E-state index contributed by atoms with van der Waals surface area (Å²) < 4.78 is 2.81. The highest BCUT2D eigenvalue weighted by atomic mass is 79.9. The van der Waals surface area contributed by atoms with Gasteiger partial charge in [-0.3, -0.25) is 0 Å². The van der Waals surface area contributed by atoms with Gasteiger partial charge in [0.25, 0.3) is 0 Å². The molecule has 3 aromatic heterocycles. The van der Waals surface area contributed by atoms with Crippen LogP contribution in [0.25, 0.3) is 5.82 Å². The number of nitrogens with zero attached hydrogens (tertiary/aromatic N) is 5. The molecule has 0 spiro atoms. The van der Waals surface area contributed by atoms with Gasteiger partial charge in [0.1, 0.15) is 18.0 Å². The van der Waals surface area contributed by atoms with E-state index in [2.05, 4.69) is 46.3 Å². The number of aromatic nitrogens is 6. The van der Waals surface area contributed by atoms with Gasteiger partial charge in [-0.2, -0.15) is 5.10 Å². The summed E-state index contributed by atoms with van der Waals surface area (Å²) in [5.74, 6) is 2.44. The van der Waals surface area contributed by atoms with Crippen molar-refractivity contribution in [2.24, 2.45) is 0 Å². The molecule has 3 aromatic rings. The van der Waals surface area contributed by atoms with Gasteiger partial charge in [-0.15, -0.1) is 0 Å². The largest absolute Gasteiger partial charge is 0.370 e. The van der Waals surface area contributed by atoms with Crippen LogP contribution in [0.4, 0.5) is 5.82 Å². The number of hydrogen-bond acceptors (Lipinski definition) is 5. The van der Waals surface area contributed by atoms with Crippen molar-refractivity contribution in [2.75, 3.05) is 11.9 Å². The van der Waals surface area contributed by atoms with Crippen molar-refractivity contribution in [1.29, 1.82) is 0 Å². The lowest BCUT2D eigenvalue weighted by atomic mass is 10.3. The summed E-state index contributed by atoms with van der Waals surface area (Å²) in [6.07, 6.45) is 4.25. The number of aryl methyl sites for hydroxylation is 2. The number of anilines is 1. The summed E-state index contributed by atoms with van der Waals surface area (Å²) in [7, 11) is 0. The highest BCUT2D eigenvalue weighted by Crippen LogP contribution is 2.22. The molecule has 0 unspecified atom stereocenters. The maximum atomic E-state index is 4.49. The molecule has 0 radical (unpaired) electrons. The maximum absolute atomic E-state index is 4.49. The van der Waals surface area contributed by atoms with Crippen LogP contribution in [-0.2, 0) is 6.42 Å². The van der Waals surface area contributed by atoms with Gasteiger partial charge >= 0.3 is 0 Å². The van der Waals surface area contributed by atoms with E-state index in [4.69, 9.17) is 0 Å². The lowest BCUT2D eigenvalue weighted by Gasteiger charge is -2.07. The molecule has 0 fully saturated rings. The summed E-state index contributed by atoms with van der Waals surface area (Å²) in [6.45, 7) is 6.67. The zero-order valence-corrected chi connectivity index (χ0v) is 14.8. The third-order valence-corrected chi connectivity index (χ3v) is 4.68. The zero-order valence-electron chi connectivity index (χ0n) is 13.3. The summed E-state index contributed by atoms with van der Waals surface area (Å²) in [4.78, 5) is 16.0. The molecule has 0 saturated heterocycles. The van der Waals surface area contributed by atoms with E-state index in [0.717, 1.165) is 52.0 Å². The number of aromatic amines is 1. The van der Waals surface area contributed by atoms with Crippen LogP contribution in [0.3, 0.4) is 0 Å². The molecule has 0 atom stereocenters. The lowest BCUT2D eigenvalue weighted by Crippen LogP contribution is -2.09.